The van der Waals surface area contributed by atoms with Gasteiger partial charge in [-0.3, -0.25) is 10.00 Å². The largest absolute Gasteiger partial charge is 0.352 e. The second-order valence-corrected chi connectivity index (χ2v) is 6.64. The quantitative estimate of drug-likeness (QED) is 0.886. The number of nitrogens with one attached hydrogen (secondary N) is 1. The number of hydrogen-bond donors (Lipinski definition) is 1. The maximum absolute atomic E-state index is 12.7. The summed E-state index contributed by atoms with van der Waals surface area (Å²) in [7, 11) is 1.87. The van der Waals surface area contributed by atoms with Gasteiger partial charge >= 0.3 is 6.03 Å². The van der Waals surface area contributed by atoms with Crippen LogP contribution in [0.15, 0.2) is 18.3 Å². The standard InChI is InChI=1S/C18H21N7O/c1-23-17(14-5-2-6-15(14)22-23)21-18(26)25-10-8-24(9-11-25)16-13(12-19)4-3-7-20-16/h3-4,7H,2,5-6,8-11H2,1H3,(H,21,26). The van der Waals surface area contributed by atoms with Crippen LogP contribution < -0.4 is 10.2 Å². The van der Waals surface area contributed by atoms with Crippen molar-refractivity contribution >= 4 is 17.7 Å². The molecule has 2 amide bonds. The third-order valence-corrected chi connectivity index (χ3v) is 5.07. The number of nitrogens with zero attached hydrogens (tertiary/aromatic N) is 6. The summed E-state index contributed by atoms with van der Waals surface area (Å²) in [5.74, 6) is 1.51. The molecule has 0 radical (unpaired) electrons. The maximum atomic E-state index is 12.7. The van der Waals surface area contributed by atoms with Gasteiger partial charge in [-0.25, -0.2) is 9.78 Å². The highest BCUT2D eigenvalue weighted by Crippen LogP contribution is 2.28. The van der Waals surface area contributed by atoms with E-state index in [1.165, 1.54) is 5.56 Å². The lowest BCUT2D eigenvalue weighted by atomic mass is 10.2. The van der Waals surface area contributed by atoms with E-state index in [0.29, 0.717) is 37.6 Å². The van der Waals surface area contributed by atoms with Crippen LogP contribution in [0.1, 0.15) is 23.2 Å². The van der Waals surface area contributed by atoms with Crippen molar-refractivity contribution in [2.24, 2.45) is 7.05 Å². The zero-order valence-corrected chi connectivity index (χ0v) is 14.8. The lowest BCUT2D eigenvalue weighted by molar-refractivity contribution is 0.208. The number of aryl methyl sites for hydroxylation is 2. The first-order valence-corrected chi connectivity index (χ1v) is 8.88. The minimum Gasteiger partial charge on any atom is -0.352 e. The zero-order valence-electron chi connectivity index (χ0n) is 14.8. The number of hydrogen-bond acceptors (Lipinski definition) is 5. The number of rotatable bonds is 2. The van der Waals surface area contributed by atoms with Crippen LogP contribution in [0.5, 0.6) is 0 Å². The van der Waals surface area contributed by atoms with E-state index in [1.54, 1.807) is 27.9 Å². The van der Waals surface area contributed by atoms with Gasteiger partial charge in [-0.05, 0) is 31.4 Å². The topological polar surface area (TPSA) is 90.1 Å². The van der Waals surface area contributed by atoms with Gasteiger partial charge < -0.3 is 9.80 Å². The van der Waals surface area contributed by atoms with Crippen LogP contribution in [0, 0.1) is 11.3 Å². The van der Waals surface area contributed by atoms with Crippen molar-refractivity contribution in [2.75, 3.05) is 36.4 Å². The molecule has 1 N–H and O–H groups in total. The van der Waals surface area contributed by atoms with E-state index in [1.807, 2.05) is 7.05 Å². The Labute approximate surface area is 152 Å². The number of carbonyl (C=O) groups is 1. The third kappa shape index (κ3) is 2.86. The first kappa shape index (κ1) is 16.4. The fraction of sp³-hybridized carbons (Fsp3) is 0.444. The van der Waals surface area contributed by atoms with Gasteiger partial charge in [0.2, 0.25) is 0 Å². The Morgan fingerprint density at radius 2 is 2.08 bits per heavy atom. The summed E-state index contributed by atoms with van der Waals surface area (Å²) in [6, 6.07) is 5.62. The SMILES string of the molecule is Cn1nc2c(c1NC(=O)N1CCN(c3ncccc3C#N)CC1)CCC2. The van der Waals surface area contributed by atoms with Crippen molar-refractivity contribution in [3.8, 4) is 6.07 Å². The molecule has 0 unspecified atom stereocenters. The minimum atomic E-state index is -0.0936. The third-order valence-electron chi connectivity index (χ3n) is 5.07. The molecule has 8 heteroatoms. The molecule has 2 aliphatic rings. The molecule has 0 atom stereocenters. The van der Waals surface area contributed by atoms with E-state index in [0.717, 1.165) is 30.8 Å². The second-order valence-electron chi connectivity index (χ2n) is 6.64. The molecule has 8 nitrogen and oxygen atoms in total. The fourth-order valence-corrected chi connectivity index (χ4v) is 3.71. The van der Waals surface area contributed by atoms with Crippen molar-refractivity contribution in [2.45, 2.75) is 19.3 Å². The van der Waals surface area contributed by atoms with E-state index in [-0.39, 0.29) is 6.03 Å². The summed E-state index contributed by atoms with van der Waals surface area (Å²) < 4.78 is 1.77. The van der Waals surface area contributed by atoms with Crippen LogP contribution in [0.3, 0.4) is 0 Å². The summed E-state index contributed by atoms with van der Waals surface area (Å²) >= 11 is 0. The lowest BCUT2D eigenvalue weighted by Gasteiger charge is -2.35. The number of anilines is 2. The molecular formula is C18H21N7O. The van der Waals surface area contributed by atoms with Gasteiger partial charge in [0.05, 0.1) is 11.3 Å². The molecule has 1 fully saturated rings. The first-order valence-electron chi connectivity index (χ1n) is 8.88. The maximum Gasteiger partial charge on any atom is 0.323 e. The first-order chi connectivity index (χ1) is 12.7. The predicted molar refractivity (Wildman–Crippen MR) is 97.0 cm³/mol. The molecule has 2 aromatic rings. The molecular weight excluding hydrogens is 330 g/mol. The highest BCUT2D eigenvalue weighted by molar-refractivity contribution is 5.89. The molecule has 4 rings (SSSR count). The monoisotopic (exact) mass is 351 g/mol. The number of pyridine rings is 1. The van der Waals surface area contributed by atoms with Crippen LogP contribution in [-0.2, 0) is 19.9 Å². The number of piperazine rings is 1. The average molecular weight is 351 g/mol. The summed E-state index contributed by atoms with van der Waals surface area (Å²) in [6.07, 6.45) is 4.76. The van der Waals surface area contributed by atoms with Gasteiger partial charge in [0.1, 0.15) is 17.7 Å². The van der Waals surface area contributed by atoms with Crippen LogP contribution in [0.2, 0.25) is 0 Å². The van der Waals surface area contributed by atoms with Crippen LogP contribution in [-0.4, -0.2) is 51.9 Å². The molecule has 2 aromatic heterocycles. The Hall–Kier alpha value is -3.08. The smallest absolute Gasteiger partial charge is 0.323 e. The predicted octanol–water partition coefficient (Wildman–Crippen LogP) is 1.53. The number of aromatic nitrogens is 3. The Bertz CT molecular complexity index is 874. The van der Waals surface area contributed by atoms with Crippen molar-refractivity contribution in [3.05, 3.63) is 35.2 Å². The van der Waals surface area contributed by atoms with Gasteiger partial charge in [-0.15, -0.1) is 0 Å². The van der Waals surface area contributed by atoms with E-state index in [4.69, 9.17) is 0 Å². The average Bonchev–Trinajstić information content (AvgIpc) is 3.24. The molecule has 3 heterocycles. The molecule has 134 valence electrons. The summed E-state index contributed by atoms with van der Waals surface area (Å²) in [6.45, 7) is 2.49. The van der Waals surface area contributed by atoms with Crippen molar-refractivity contribution in [3.63, 3.8) is 0 Å². The Balaban J connectivity index is 1.41. The van der Waals surface area contributed by atoms with E-state index in [9.17, 15) is 10.1 Å². The number of carbonyl (C=O) groups excluding carboxylic acids is 1. The molecule has 1 aliphatic heterocycles. The van der Waals surface area contributed by atoms with Crippen molar-refractivity contribution in [1.82, 2.24) is 19.7 Å². The Morgan fingerprint density at radius 3 is 2.85 bits per heavy atom. The number of amides is 2. The summed E-state index contributed by atoms with van der Waals surface area (Å²) in [5.41, 5.74) is 2.84. The van der Waals surface area contributed by atoms with E-state index in [2.05, 4.69) is 26.4 Å². The van der Waals surface area contributed by atoms with Gasteiger partial charge in [0.25, 0.3) is 0 Å². The molecule has 0 bridgehead atoms. The highest BCUT2D eigenvalue weighted by atomic mass is 16.2. The molecule has 0 aromatic carbocycles. The fourth-order valence-electron chi connectivity index (χ4n) is 3.71. The molecule has 26 heavy (non-hydrogen) atoms. The molecule has 1 aliphatic carbocycles. The van der Waals surface area contributed by atoms with Gasteiger partial charge in [-0.1, -0.05) is 0 Å². The number of fused-ring (bicyclic) bond motifs is 1. The van der Waals surface area contributed by atoms with Crippen LogP contribution in [0.4, 0.5) is 16.4 Å². The van der Waals surface area contributed by atoms with Gasteiger partial charge in [0.15, 0.2) is 0 Å². The van der Waals surface area contributed by atoms with Crippen molar-refractivity contribution < 1.29 is 4.79 Å². The number of urea groups is 1. The molecule has 1 saturated heterocycles. The van der Waals surface area contributed by atoms with Crippen LogP contribution in [0.25, 0.3) is 0 Å². The van der Waals surface area contributed by atoms with E-state index >= 15 is 0 Å². The van der Waals surface area contributed by atoms with E-state index < -0.39 is 0 Å². The minimum absolute atomic E-state index is 0.0936. The highest BCUT2D eigenvalue weighted by Gasteiger charge is 2.26. The Morgan fingerprint density at radius 1 is 1.27 bits per heavy atom. The van der Waals surface area contributed by atoms with Crippen molar-refractivity contribution in [1.29, 1.82) is 5.26 Å². The lowest BCUT2D eigenvalue weighted by Crippen LogP contribution is -2.50. The summed E-state index contributed by atoms with van der Waals surface area (Å²) in [5, 5.41) is 16.8. The molecule has 0 spiro atoms. The number of nitriles is 1. The normalized spacial score (nSPS) is 16.3. The van der Waals surface area contributed by atoms with Gasteiger partial charge in [-0.2, -0.15) is 10.4 Å². The second kappa shape index (κ2) is 6.67. The Kier molecular flexibility index (Phi) is 4.21. The van der Waals surface area contributed by atoms with Gasteiger partial charge in [0, 0.05) is 45.0 Å². The van der Waals surface area contributed by atoms with Crippen LogP contribution >= 0.6 is 0 Å². The molecule has 0 saturated carbocycles. The zero-order chi connectivity index (χ0) is 18.1. The summed E-state index contributed by atoms with van der Waals surface area (Å²) in [4.78, 5) is 20.9.